The van der Waals surface area contributed by atoms with E-state index in [2.05, 4.69) is 54.1 Å². The van der Waals surface area contributed by atoms with Crippen molar-refractivity contribution < 1.29 is 14.3 Å². The summed E-state index contributed by atoms with van der Waals surface area (Å²) in [7, 11) is 0. The number of unbranched alkanes of at least 4 members (excludes halogenated alkanes) is 1. The van der Waals surface area contributed by atoms with Gasteiger partial charge in [0.15, 0.2) is 6.61 Å². The maximum absolute atomic E-state index is 12.4. The molecule has 0 aliphatic heterocycles. The normalized spacial score (nSPS) is 11.9. The number of hydrogen-bond acceptors (Lipinski definition) is 4. The van der Waals surface area contributed by atoms with Gasteiger partial charge in [-0.05, 0) is 86.1 Å². The third-order valence-corrected chi connectivity index (χ3v) is 7.21. The van der Waals surface area contributed by atoms with E-state index in [-0.39, 0.29) is 12.5 Å². The molecular weight excluding hydrogens is 486 g/mol. The molecule has 206 valence electrons. The fourth-order valence-electron chi connectivity index (χ4n) is 4.63. The van der Waals surface area contributed by atoms with E-state index in [0.29, 0.717) is 25.5 Å². The fourth-order valence-corrected chi connectivity index (χ4v) is 4.63. The number of aromatic nitrogens is 2. The van der Waals surface area contributed by atoms with Crippen LogP contribution in [-0.2, 0) is 17.8 Å². The van der Waals surface area contributed by atoms with Crippen molar-refractivity contribution in [3.05, 3.63) is 89.2 Å². The summed E-state index contributed by atoms with van der Waals surface area (Å²) >= 11 is 0. The molecule has 4 aromatic rings. The van der Waals surface area contributed by atoms with Crippen LogP contribution in [0.4, 0.5) is 0 Å². The molecule has 0 saturated carbocycles. The van der Waals surface area contributed by atoms with Crippen molar-refractivity contribution in [3.63, 3.8) is 0 Å². The molecule has 1 amide bonds. The van der Waals surface area contributed by atoms with Crippen LogP contribution in [0.3, 0.4) is 0 Å². The smallest absolute Gasteiger partial charge is 0.257 e. The number of hydrogen-bond donors (Lipinski definition) is 1. The number of nitrogens with one attached hydrogen (secondary N) is 1. The highest BCUT2D eigenvalue weighted by molar-refractivity contribution is 5.78. The highest BCUT2D eigenvalue weighted by atomic mass is 16.5. The van der Waals surface area contributed by atoms with Gasteiger partial charge in [-0.1, -0.05) is 50.2 Å². The van der Waals surface area contributed by atoms with Gasteiger partial charge in [-0.15, -0.1) is 0 Å². The molecule has 1 heterocycles. The molecule has 6 heteroatoms. The minimum atomic E-state index is -0.132. The first kappa shape index (κ1) is 28.2. The number of imidazole rings is 1. The second-order valence-corrected chi connectivity index (χ2v) is 10.3. The molecule has 1 N–H and O–H groups in total. The second kappa shape index (κ2) is 13.8. The Bertz CT molecular complexity index is 1360. The summed E-state index contributed by atoms with van der Waals surface area (Å²) in [5.74, 6) is 3.09. The zero-order valence-corrected chi connectivity index (χ0v) is 23.7. The Kier molecular flexibility index (Phi) is 10.0. The van der Waals surface area contributed by atoms with E-state index >= 15 is 0 Å². The van der Waals surface area contributed by atoms with Gasteiger partial charge >= 0.3 is 0 Å². The van der Waals surface area contributed by atoms with Gasteiger partial charge in [0.05, 0.1) is 17.6 Å². The third-order valence-electron chi connectivity index (χ3n) is 7.21. The maximum atomic E-state index is 12.4. The Morgan fingerprint density at radius 1 is 1.00 bits per heavy atom. The van der Waals surface area contributed by atoms with Crippen LogP contribution in [0.1, 0.15) is 61.5 Å². The van der Waals surface area contributed by atoms with E-state index < -0.39 is 0 Å². The lowest BCUT2D eigenvalue weighted by atomic mass is 9.99. The molecule has 6 nitrogen and oxygen atoms in total. The van der Waals surface area contributed by atoms with Gasteiger partial charge < -0.3 is 19.4 Å². The summed E-state index contributed by atoms with van der Waals surface area (Å²) in [6.07, 6.45) is 3.72. The minimum Gasteiger partial charge on any atom is -0.494 e. The maximum Gasteiger partial charge on any atom is 0.257 e. The Morgan fingerprint density at radius 2 is 1.79 bits per heavy atom. The molecule has 1 aromatic heterocycles. The highest BCUT2D eigenvalue weighted by Crippen LogP contribution is 2.22. The first-order chi connectivity index (χ1) is 18.9. The minimum absolute atomic E-state index is 0.00106. The summed E-state index contributed by atoms with van der Waals surface area (Å²) in [4.78, 5) is 17.3. The third kappa shape index (κ3) is 7.85. The molecule has 0 aliphatic carbocycles. The number of fused-ring (bicyclic) bond motifs is 1. The van der Waals surface area contributed by atoms with Crippen molar-refractivity contribution in [1.29, 1.82) is 0 Å². The summed E-state index contributed by atoms with van der Waals surface area (Å²) in [5.41, 5.74) is 5.59. The number of para-hydroxylation sites is 2. The Morgan fingerprint density at radius 3 is 2.59 bits per heavy atom. The summed E-state index contributed by atoms with van der Waals surface area (Å²) in [5, 5.41) is 2.98. The van der Waals surface area contributed by atoms with Crippen LogP contribution in [0.15, 0.2) is 66.7 Å². The van der Waals surface area contributed by atoms with Gasteiger partial charge in [0.2, 0.25) is 0 Å². The van der Waals surface area contributed by atoms with Crippen LogP contribution >= 0.6 is 0 Å². The lowest BCUT2D eigenvalue weighted by molar-refractivity contribution is -0.123. The number of carbonyl (C=O) groups is 1. The van der Waals surface area contributed by atoms with Crippen molar-refractivity contribution in [3.8, 4) is 11.5 Å². The van der Waals surface area contributed by atoms with E-state index in [1.54, 1.807) is 0 Å². The molecule has 0 bridgehead atoms. The standard InChI is InChI=1S/C33H41N3O3/c1-5-25(3)27-14-16-28(17-15-27)38-21-9-8-20-36-30-11-7-6-10-29(30)35-32(36)18-19-34-33(37)23-39-31-22-24(2)12-13-26(31)4/h6-7,10-17,22,25H,5,8-9,18-21,23H2,1-4H3,(H,34,37). The van der Waals surface area contributed by atoms with E-state index in [4.69, 9.17) is 14.5 Å². The van der Waals surface area contributed by atoms with Crippen LogP contribution < -0.4 is 14.8 Å². The average Bonchev–Trinajstić information content (AvgIpc) is 3.30. The molecule has 0 radical (unpaired) electrons. The van der Waals surface area contributed by atoms with Gasteiger partial charge in [-0.25, -0.2) is 4.98 Å². The van der Waals surface area contributed by atoms with E-state index in [9.17, 15) is 4.79 Å². The molecule has 0 spiro atoms. The van der Waals surface area contributed by atoms with Crippen molar-refractivity contribution in [2.75, 3.05) is 19.8 Å². The SMILES string of the molecule is CCC(C)c1ccc(OCCCCn2c(CCNC(=O)COc3cc(C)ccc3C)nc3ccccc32)cc1. The van der Waals surface area contributed by atoms with Crippen molar-refractivity contribution >= 4 is 16.9 Å². The fraction of sp³-hybridized carbons (Fsp3) is 0.394. The zero-order valence-electron chi connectivity index (χ0n) is 23.7. The molecule has 0 fully saturated rings. The van der Waals surface area contributed by atoms with Gasteiger partial charge in [-0.3, -0.25) is 4.79 Å². The van der Waals surface area contributed by atoms with Gasteiger partial charge in [0, 0.05) is 19.5 Å². The van der Waals surface area contributed by atoms with Crippen molar-refractivity contribution in [2.24, 2.45) is 0 Å². The first-order valence-electron chi connectivity index (χ1n) is 14.1. The largest absolute Gasteiger partial charge is 0.494 e. The number of nitrogens with zero attached hydrogens (tertiary/aromatic N) is 2. The number of ether oxygens (including phenoxy) is 2. The zero-order chi connectivity index (χ0) is 27.6. The lowest BCUT2D eigenvalue weighted by Gasteiger charge is -2.12. The van der Waals surface area contributed by atoms with E-state index in [0.717, 1.165) is 65.3 Å². The predicted octanol–water partition coefficient (Wildman–Crippen LogP) is 6.76. The lowest BCUT2D eigenvalue weighted by Crippen LogP contribution is -2.31. The van der Waals surface area contributed by atoms with Crippen molar-refractivity contribution in [1.82, 2.24) is 14.9 Å². The predicted molar refractivity (Wildman–Crippen MR) is 158 cm³/mol. The Hall–Kier alpha value is -3.80. The number of aryl methyl sites for hydroxylation is 3. The molecule has 1 unspecified atom stereocenters. The molecule has 0 saturated heterocycles. The Labute approximate surface area is 232 Å². The topological polar surface area (TPSA) is 65.4 Å². The number of carbonyl (C=O) groups excluding carboxylic acids is 1. The van der Waals surface area contributed by atoms with Crippen LogP contribution in [0.25, 0.3) is 11.0 Å². The monoisotopic (exact) mass is 527 g/mol. The number of benzene rings is 3. The molecule has 0 aliphatic rings. The molecule has 39 heavy (non-hydrogen) atoms. The first-order valence-corrected chi connectivity index (χ1v) is 14.1. The second-order valence-electron chi connectivity index (χ2n) is 10.3. The van der Waals surface area contributed by atoms with Crippen LogP contribution in [0, 0.1) is 13.8 Å². The van der Waals surface area contributed by atoms with Crippen LogP contribution in [-0.4, -0.2) is 35.2 Å². The van der Waals surface area contributed by atoms with Gasteiger partial charge in [0.25, 0.3) is 5.91 Å². The number of rotatable bonds is 14. The quantitative estimate of drug-likeness (QED) is 0.184. The van der Waals surface area contributed by atoms with Crippen molar-refractivity contribution in [2.45, 2.75) is 65.8 Å². The molecule has 3 aromatic carbocycles. The summed E-state index contributed by atoms with van der Waals surface area (Å²) < 4.78 is 14.0. The van der Waals surface area contributed by atoms with E-state index in [1.165, 1.54) is 5.56 Å². The molecular formula is C33H41N3O3. The summed E-state index contributed by atoms with van der Waals surface area (Å²) in [6, 6.07) is 22.7. The van der Waals surface area contributed by atoms with Crippen LogP contribution in [0.2, 0.25) is 0 Å². The highest BCUT2D eigenvalue weighted by Gasteiger charge is 2.12. The van der Waals surface area contributed by atoms with Gasteiger partial charge in [0.1, 0.15) is 17.3 Å². The van der Waals surface area contributed by atoms with Gasteiger partial charge in [-0.2, -0.15) is 0 Å². The molecule has 4 rings (SSSR count). The summed E-state index contributed by atoms with van der Waals surface area (Å²) in [6.45, 7) is 10.5. The van der Waals surface area contributed by atoms with Crippen LogP contribution in [0.5, 0.6) is 11.5 Å². The number of amides is 1. The average molecular weight is 528 g/mol. The van der Waals surface area contributed by atoms with E-state index in [1.807, 2.05) is 50.2 Å². The Balaban J connectivity index is 1.25. The molecule has 1 atom stereocenters.